The van der Waals surface area contributed by atoms with Crippen molar-refractivity contribution in [1.82, 2.24) is 0 Å². The molecule has 0 N–H and O–H groups in total. The lowest BCUT2D eigenvalue weighted by Crippen LogP contribution is -2.04. The summed E-state index contributed by atoms with van der Waals surface area (Å²) in [6, 6.07) is 16.4. The van der Waals surface area contributed by atoms with Crippen LogP contribution in [0.4, 0.5) is 0 Å². The first-order valence-corrected chi connectivity index (χ1v) is 6.34. The van der Waals surface area contributed by atoms with Crippen LogP contribution >= 0.6 is 0 Å². The Hall–Kier alpha value is -1.30. The number of hydrogen-bond acceptors (Lipinski definition) is 0. The predicted molar refractivity (Wildman–Crippen MR) is 68.6 cm³/mol. The second kappa shape index (κ2) is 4.29. The van der Waals surface area contributed by atoms with E-state index in [1.165, 1.54) is 48.4 Å². The molecule has 1 saturated carbocycles. The molecule has 81 valence electrons. The quantitative estimate of drug-likeness (QED) is 0.639. The molecule has 0 nitrogen and oxygen atoms in total. The molecule has 0 saturated heterocycles. The van der Waals surface area contributed by atoms with E-state index in [-0.39, 0.29) is 0 Å². The Bertz CT molecular complexity index is 473. The number of benzene rings is 2. The Morgan fingerprint density at radius 3 is 2.62 bits per heavy atom. The van der Waals surface area contributed by atoms with E-state index in [1.807, 2.05) is 6.07 Å². The molecule has 16 heavy (non-hydrogen) atoms. The summed E-state index contributed by atoms with van der Waals surface area (Å²) in [5, 5.41) is 2.68. The number of fused-ring (bicyclic) bond motifs is 1. The van der Waals surface area contributed by atoms with Crippen LogP contribution in [0.15, 0.2) is 36.4 Å². The summed E-state index contributed by atoms with van der Waals surface area (Å²) in [5.74, 6) is 0.774. The topological polar surface area (TPSA) is 0 Å². The van der Waals surface area contributed by atoms with E-state index in [4.69, 9.17) is 0 Å². The number of hydrogen-bond donors (Lipinski definition) is 0. The van der Waals surface area contributed by atoms with Crippen LogP contribution in [0, 0.1) is 6.07 Å². The van der Waals surface area contributed by atoms with Crippen LogP contribution in [-0.4, -0.2) is 0 Å². The van der Waals surface area contributed by atoms with Gasteiger partial charge in [0, 0.05) is 0 Å². The van der Waals surface area contributed by atoms with E-state index >= 15 is 0 Å². The highest BCUT2D eigenvalue weighted by Crippen LogP contribution is 2.35. The minimum absolute atomic E-state index is 0.774. The van der Waals surface area contributed by atoms with Crippen molar-refractivity contribution in [2.75, 3.05) is 0 Å². The SMILES string of the molecule is [c]1cccc2cccc(C3CCCCC3)c12. The van der Waals surface area contributed by atoms with Crippen LogP contribution in [0.2, 0.25) is 0 Å². The molecule has 0 amide bonds. The Morgan fingerprint density at radius 1 is 0.938 bits per heavy atom. The summed E-state index contributed by atoms with van der Waals surface area (Å²) in [7, 11) is 0. The first-order chi connectivity index (χ1) is 7.95. The molecule has 0 unspecified atom stereocenters. The van der Waals surface area contributed by atoms with Gasteiger partial charge in [0.25, 0.3) is 0 Å². The van der Waals surface area contributed by atoms with Gasteiger partial charge in [-0.3, -0.25) is 0 Å². The van der Waals surface area contributed by atoms with E-state index in [0.29, 0.717) is 0 Å². The van der Waals surface area contributed by atoms with Gasteiger partial charge < -0.3 is 0 Å². The van der Waals surface area contributed by atoms with Gasteiger partial charge in [0.05, 0.1) is 0 Å². The third-order valence-electron chi connectivity index (χ3n) is 3.77. The molecule has 1 fully saturated rings. The van der Waals surface area contributed by atoms with Gasteiger partial charge in [0.1, 0.15) is 0 Å². The average Bonchev–Trinajstić information content (AvgIpc) is 2.39. The Balaban J connectivity index is 2.08. The van der Waals surface area contributed by atoms with Gasteiger partial charge in [-0.25, -0.2) is 0 Å². The Labute approximate surface area is 97.3 Å². The minimum Gasteiger partial charge on any atom is -0.0613 e. The minimum atomic E-state index is 0.774. The maximum Gasteiger partial charge on any atom is -0.00703 e. The Morgan fingerprint density at radius 2 is 1.75 bits per heavy atom. The fourth-order valence-corrected chi connectivity index (χ4v) is 2.93. The fourth-order valence-electron chi connectivity index (χ4n) is 2.93. The zero-order valence-electron chi connectivity index (χ0n) is 9.58. The summed E-state index contributed by atoms with van der Waals surface area (Å²) >= 11 is 0. The van der Waals surface area contributed by atoms with Gasteiger partial charge in [0.2, 0.25) is 0 Å². The standard InChI is InChI=1S/C16H17/c1-2-7-13(8-3-1)16-12-6-10-14-9-4-5-11-15(14)16/h4-6,9-10,12-13H,1-3,7-8H2. The molecular formula is C16H17. The molecule has 1 radical (unpaired) electrons. The van der Waals surface area contributed by atoms with Crippen LogP contribution in [0.25, 0.3) is 10.8 Å². The van der Waals surface area contributed by atoms with Crippen LogP contribution in [0.1, 0.15) is 43.6 Å². The lowest BCUT2D eigenvalue weighted by atomic mass is 9.82. The predicted octanol–water partition coefficient (Wildman–Crippen LogP) is 4.69. The largest absolute Gasteiger partial charge is 0.0613 e. The summed E-state index contributed by atoms with van der Waals surface area (Å²) in [6.07, 6.45) is 6.94. The molecule has 1 aliphatic carbocycles. The summed E-state index contributed by atoms with van der Waals surface area (Å²) in [4.78, 5) is 0. The van der Waals surface area contributed by atoms with Gasteiger partial charge in [-0.05, 0) is 41.2 Å². The summed E-state index contributed by atoms with van der Waals surface area (Å²) in [5.41, 5.74) is 1.53. The van der Waals surface area contributed by atoms with Crippen LogP contribution in [0.3, 0.4) is 0 Å². The Kier molecular flexibility index (Phi) is 2.65. The van der Waals surface area contributed by atoms with Crippen LogP contribution < -0.4 is 0 Å². The first kappa shape index (κ1) is 9.89. The lowest BCUT2D eigenvalue weighted by Gasteiger charge is -2.23. The van der Waals surface area contributed by atoms with E-state index in [0.717, 1.165) is 5.92 Å². The van der Waals surface area contributed by atoms with Crippen molar-refractivity contribution >= 4 is 10.8 Å². The molecule has 2 aromatic rings. The van der Waals surface area contributed by atoms with Gasteiger partial charge in [-0.2, -0.15) is 0 Å². The second-order valence-electron chi connectivity index (χ2n) is 4.82. The van der Waals surface area contributed by atoms with Crippen molar-refractivity contribution < 1.29 is 0 Å². The fraction of sp³-hybridized carbons (Fsp3) is 0.375. The lowest BCUT2D eigenvalue weighted by molar-refractivity contribution is 0.445. The molecule has 0 aliphatic heterocycles. The maximum atomic E-state index is 3.42. The van der Waals surface area contributed by atoms with Crippen molar-refractivity contribution in [3.8, 4) is 0 Å². The van der Waals surface area contributed by atoms with Gasteiger partial charge in [-0.1, -0.05) is 55.7 Å². The highest BCUT2D eigenvalue weighted by Gasteiger charge is 2.17. The molecule has 2 aromatic carbocycles. The first-order valence-electron chi connectivity index (χ1n) is 6.34. The van der Waals surface area contributed by atoms with E-state index in [2.05, 4.69) is 36.4 Å². The van der Waals surface area contributed by atoms with Crippen LogP contribution in [0.5, 0.6) is 0 Å². The molecular weight excluding hydrogens is 192 g/mol. The zero-order valence-corrected chi connectivity index (χ0v) is 9.58. The molecule has 0 heterocycles. The molecule has 1 aliphatic rings. The smallest absolute Gasteiger partial charge is 0.00703 e. The van der Waals surface area contributed by atoms with Gasteiger partial charge in [-0.15, -0.1) is 0 Å². The normalized spacial score (nSPS) is 17.8. The average molecular weight is 209 g/mol. The highest BCUT2D eigenvalue weighted by atomic mass is 14.2. The highest BCUT2D eigenvalue weighted by molar-refractivity contribution is 5.85. The van der Waals surface area contributed by atoms with E-state index in [9.17, 15) is 0 Å². The zero-order chi connectivity index (χ0) is 10.8. The molecule has 0 aromatic heterocycles. The third-order valence-corrected chi connectivity index (χ3v) is 3.77. The second-order valence-corrected chi connectivity index (χ2v) is 4.82. The molecule has 3 rings (SSSR count). The summed E-state index contributed by atoms with van der Waals surface area (Å²) < 4.78 is 0. The van der Waals surface area contributed by atoms with Crippen LogP contribution in [-0.2, 0) is 0 Å². The summed E-state index contributed by atoms with van der Waals surface area (Å²) in [6.45, 7) is 0. The number of rotatable bonds is 1. The molecule has 0 atom stereocenters. The van der Waals surface area contributed by atoms with Gasteiger partial charge in [0.15, 0.2) is 0 Å². The van der Waals surface area contributed by atoms with Crippen molar-refractivity contribution in [3.05, 3.63) is 48.0 Å². The van der Waals surface area contributed by atoms with Crippen molar-refractivity contribution in [3.63, 3.8) is 0 Å². The van der Waals surface area contributed by atoms with Crippen molar-refractivity contribution in [1.29, 1.82) is 0 Å². The molecule has 0 heteroatoms. The third kappa shape index (κ3) is 1.73. The van der Waals surface area contributed by atoms with Crippen molar-refractivity contribution in [2.45, 2.75) is 38.0 Å². The van der Waals surface area contributed by atoms with E-state index in [1.54, 1.807) is 0 Å². The maximum absolute atomic E-state index is 3.42. The van der Waals surface area contributed by atoms with E-state index < -0.39 is 0 Å². The van der Waals surface area contributed by atoms with Gasteiger partial charge >= 0.3 is 0 Å². The molecule has 0 spiro atoms. The monoisotopic (exact) mass is 209 g/mol. The molecule has 0 bridgehead atoms. The van der Waals surface area contributed by atoms with Crippen molar-refractivity contribution in [2.24, 2.45) is 0 Å².